The molecule has 0 aliphatic carbocycles. The highest BCUT2D eigenvalue weighted by atomic mass is 127. The second-order valence-corrected chi connectivity index (χ2v) is 6.12. The maximum atomic E-state index is 6.19. The topological polar surface area (TPSA) is 9.23 Å². The summed E-state index contributed by atoms with van der Waals surface area (Å²) in [5.74, 6) is 0.864. The molecule has 0 fully saturated rings. The van der Waals surface area contributed by atoms with Gasteiger partial charge in [0, 0.05) is 13.4 Å². The van der Waals surface area contributed by atoms with E-state index in [1.54, 1.807) is 18.9 Å². The van der Waals surface area contributed by atoms with Crippen LogP contribution in [0.2, 0.25) is 5.02 Å². The van der Waals surface area contributed by atoms with Gasteiger partial charge >= 0.3 is 0 Å². The largest absolute Gasteiger partial charge is 0.497 e. The predicted octanol–water partition coefficient (Wildman–Crippen LogP) is 5.10. The molecule has 0 aromatic heterocycles. The molecular formula is C13H10ClIOS. The lowest BCUT2D eigenvalue weighted by molar-refractivity contribution is 0.414. The van der Waals surface area contributed by atoms with Crippen LogP contribution in [0, 0.1) is 3.57 Å². The Labute approximate surface area is 124 Å². The smallest absolute Gasteiger partial charge is 0.118 e. The Hall–Kier alpha value is -0.390. The lowest BCUT2D eigenvalue weighted by Gasteiger charge is -2.05. The molecule has 2 aromatic carbocycles. The van der Waals surface area contributed by atoms with E-state index in [4.69, 9.17) is 16.3 Å². The van der Waals surface area contributed by atoms with Crippen molar-refractivity contribution in [1.82, 2.24) is 0 Å². The van der Waals surface area contributed by atoms with Crippen LogP contribution in [0.25, 0.3) is 0 Å². The average molecular weight is 377 g/mol. The number of halogens is 2. The van der Waals surface area contributed by atoms with Crippen LogP contribution in [0.1, 0.15) is 0 Å². The minimum Gasteiger partial charge on any atom is -0.497 e. The van der Waals surface area contributed by atoms with Gasteiger partial charge in [-0.25, -0.2) is 0 Å². The second kappa shape index (κ2) is 5.98. The van der Waals surface area contributed by atoms with Crippen molar-refractivity contribution in [2.75, 3.05) is 7.11 Å². The monoisotopic (exact) mass is 376 g/mol. The molecule has 0 spiro atoms. The molecule has 0 saturated heterocycles. The Morgan fingerprint density at radius 3 is 2.41 bits per heavy atom. The van der Waals surface area contributed by atoms with E-state index in [-0.39, 0.29) is 0 Å². The summed E-state index contributed by atoms with van der Waals surface area (Å²) in [5, 5.41) is 0.790. The van der Waals surface area contributed by atoms with Gasteiger partial charge in [-0.2, -0.15) is 0 Å². The summed E-state index contributed by atoms with van der Waals surface area (Å²) in [6.45, 7) is 0. The molecule has 0 radical (unpaired) electrons. The third kappa shape index (κ3) is 3.53. The third-order valence-electron chi connectivity index (χ3n) is 2.18. The lowest BCUT2D eigenvalue weighted by atomic mass is 10.3. The molecule has 0 N–H and O–H groups in total. The summed E-state index contributed by atoms with van der Waals surface area (Å²) >= 11 is 10.1. The number of hydrogen-bond acceptors (Lipinski definition) is 2. The molecule has 17 heavy (non-hydrogen) atoms. The van der Waals surface area contributed by atoms with Gasteiger partial charge in [0.15, 0.2) is 0 Å². The molecule has 0 aliphatic rings. The Bertz CT molecular complexity index is 513. The van der Waals surface area contributed by atoms with E-state index in [2.05, 4.69) is 28.7 Å². The van der Waals surface area contributed by atoms with Gasteiger partial charge in [0.1, 0.15) is 5.75 Å². The first-order valence-corrected chi connectivity index (χ1v) is 7.23. The van der Waals surface area contributed by atoms with Crippen LogP contribution in [0.5, 0.6) is 5.75 Å². The van der Waals surface area contributed by atoms with Crippen molar-refractivity contribution in [2.45, 2.75) is 9.79 Å². The molecule has 2 aromatic rings. The fraction of sp³-hybridized carbons (Fsp3) is 0.0769. The van der Waals surface area contributed by atoms with E-state index in [0.717, 1.165) is 24.1 Å². The molecule has 0 saturated carbocycles. The minimum absolute atomic E-state index is 0.790. The summed E-state index contributed by atoms with van der Waals surface area (Å²) in [6, 6.07) is 14.0. The van der Waals surface area contributed by atoms with Crippen LogP contribution in [0.3, 0.4) is 0 Å². The Morgan fingerprint density at radius 2 is 1.82 bits per heavy atom. The zero-order chi connectivity index (χ0) is 12.3. The zero-order valence-electron chi connectivity index (χ0n) is 9.11. The molecule has 88 valence electrons. The second-order valence-electron chi connectivity index (χ2n) is 3.35. The van der Waals surface area contributed by atoms with Crippen molar-refractivity contribution in [1.29, 1.82) is 0 Å². The van der Waals surface area contributed by atoms with Crippen molar-refractivity contribution in [3.63, 3.8) is 0 Å². The van der Waals surface area contributed by atoms with Crippen molar-refractivity contribution >= 4 is 46.0 Å². The van der Waals surface area contributed by atoms with Gasteiger partial charge in [-0.15, -0.1) is 0 Å². The highest BCUT2D eigenvalue weighted by molar-refractivity contribution is 14.1. The lowest BCUT2D eigenvalue weighted by Crippen LogP contribution is -1.82. The summed E-state index contributed by atoms with van der Waals surface area (Å²) in [6.07, 6.45) is 0. The van der Waals surface area contributed by atoms with E-state index in [0.29, 0.717) is 0 Å². The van der Waals surface area contributed by atoms with Crippen LogP contribution in [0.4, 0.5) is 0 Å². The third-order valence-corrected chi connectivity index (χ3v) is 4.36. The molecule has 4 heteroatoms. The van der Waals surface area contributed by atoms with Crippen LogP contribution >= 0.6 is 46.0 Å². The SMILES string of the molecule is COc1ccc(Sc2ccc(I)cc2Cl)cc1. The van der Waals surface area contributed by atoms with Gasteiger partial charge in [0.2, 0.25) is 0 Å². The van der Waals surface area contributed by atoms with E-state index < -0.39 is 0 Å². The van der Waals surface area contributed by atoms with Crippen LogP contribution in [-0.2, 0) is 0 Å². The van der Waals surface area contributed by atoms with E-state index in [9.17, 15) is 0 Å². The molecule has 0 heterocycles. The standard InChI is InChI=1S/C13H10ClIOS/c1-16-10-3-5-11(6-4-10)17-13-7-2-9(15)8-12(13)14/h2-8H,1H3. The molecule has 2 rings (SSSR count). The van der Waals surface area contributed by atoms with Crippen molar-refractivity contribution in [2.24, 2.45) is 0 Å². The average Bonchev–Trinajstić information content (AvgIpc) is 2.34. The molecule has 0 bridgehead atoms. The van der Waals surface area contributed by atoms with Gasteiger partial charge in [-0.3, -0.25) is 0 Å². The first kappa shape index (κ1) is 13.1. The fourth-order valence-corrected chi connectivity index (χ4v) is 3.12. The van der Waals surface area contributed by atoms with Crippen molar-refractivity contribution in [3.05, 3.63) is 51.1 Å². The van der Waals surface area contributed by atoms with E-state index in [1.807, 2.05) is 36.4 Å². The summed E-state index contributed by atoms with van der Waals surface area (Å²) in [7, 11) is 1.66. The molecule has 1 nitrogen and oxygen atoms in total. The van der Waals surface area contributed by atoms with Crippen LogP contribution < -0.4 is 4.74 Å². The summed E-state index contributed by atoms with van der Waals surface area (Å²) in [4.78, 5) is 2.21. The van der Waals surface area contributed by atoms with Crippen molar-refractivity contribution < 1.29 is 4.74 Å². The Balaban J connectivity index is 2.19. The summed E-state index contributed by atoms with van der Waals surface area (Å²) in [5.41, 5.74) is 0. The maximum absolute atomic E-state index is 6.19. The predicted molar refractivity (Wildman–Crippen MR) is 81.3 cm³/mol. The quantitative estimate of drug-likeness (QED) is 0.689. The highest BCUT2D eigenvalue weighted by Crippen LogP contribution is 2.34. The number of ether oxygens (including phenoxy) is 1. The normalized spacial score (nSPS) is 10.3. The van der Waals surface area contributed by atoms with Gasteiger partial charge < -0.3 is 4.74 Å². The molecule has 0 aliphatic heterocycles. The Morgan fingerprint density at radius 1 is 1.12 bits per heavy atom. The van der Waals surface area contributed by atoms with Gasteiger partial charge in [-0.05, 0) is 65.1 Å². The van der Waals surface area contributed by atoms with E-state index in [1.165, 1.54) is 0 Å². The first-order chi connectivity index (χ1) is 8.19. The van der Waals surface area contributed by atoms with Crippen LogP contribution in [-0.4, -0.2) is 7.11 Å². The van der Waals surface area contributed by atoms with Gasteiger partial charge in [-0.1, -0.05) is 23.4 Å². The molecular weight excluding hydrogens is 367 g/mol. The minimum atomic E-state index is 0.790. The number of methoxy groups -OCH3 is 1. The number of rotatable bonds is 3. The first-order valence-electron chi connectivity index (χ1n) is 4.96. The zero-order valence-corrected chi connectivity index (χ0v) is 12.8. The van der Waals surface area contributed by atoms with E-state index >= 15 is 0 Å². The molecule has 0 unspecified atom stereocenters. The molecule has 0 atom stereocenters. The highest BCUT2D eigenvalue weighted by Gasteiger charge is 2.03. The van der Waals surface area contributed by atoms with Crippen LogP contribution in [0.15, 0.2) is 52.3 Å². The summed E-state index contributed by atoms with van der Waals surface area (Å²) < 4.78 is 6.27. The maximum Gasteiger partial charge on any atom is 0.118 e. The number of hydrogen-bond donors (Lipinski definition) is 0. The Kier molecular flexibility index (Phi) is 4.59. The van der Waals surface area contributed by atoms with Gasteiger partial charge in [0.05, 0.1) is 12.1 Å². The van der Waals surface area contributed by atoms with Gasteiger partial charge in [0.25, 0.3) is 0 Å². The molecule has 0 amide bonds. The van der Waals surface area contributed by atoms with Crippen molar-refractivity contribution in [3.8, 4) is 5.75 Å². The number of benzene rings is 2. The fourth-order valence-electron chi connectivity index (χ4n) is 1.33.